The molecule has 1 heterocycles. The first-order valence-corrected chi connectivity index (χ1v) is 6.24. The number of amides is 1. The smallest absolute Gasteiger partial charge is 0.270 e. The van der Waals surface area contributed by atoms with Crippen molar-refractivity contribution in [3.05, 3.63) is 29.6 Å². The topological polar surface area (TPSA) is 42.0 Å². The molecule has 1 fully saturated rings. The van der Waals surface area contributed by atoms with Crippen molar-refractivity contribution in [1.29, 1.82) is 0 Å². The summed E-state index contributed by atoms with van der Waals surface area (Å²) in [6, 6.07) is 4.17. The summed E-state index contributed by atoms with van der Waals surface area (Å²) in [4.78, 5) is 16.1. The molecule has 1 aliphatic rings. The molecule has 2 rings (SSSR count). The SMILES string of the molecule is CC(C)(C)c1ccc(C(=O)NC2CCC2)nc1. The quantitative estimate of drug-likeness (QED) is 0.851. The Balaban J connectivity index is 2.04. The lowest BCUT2D eigenvalue weighted by Crippen LogP contribution is -2.39. The summed E-state index contributed by atoms with van der Waals surface area (Å²) < 4.78 is 0. The van der Waals surface area contributed by atoms with Gasteiger partial charge in [-0.05, 0) is 36.3 Å². The van der Waals surface area contributed by atoms with E-state index in [9.17, 15) is 4.79 Å². The van der Waals surface area contributed by atoms with Crippen LogP contribution in [0.1, 0.15) is 56.1 Å². The Kier molecular flexibility index (Phi) is 3.18. The predicted octanol–water partition coefficient (Wildman–Crippen LogP) is 2.66. The number of aromatic nitrogens is 1. The summed E-state index contributed by atoms with van der Waals surface area (Å²) in [6.07, 6.45) is 5.23. The van der Waals surface area contributed by atoms with E-state index in [1.54, 1.807) is 6.20 Å². The summed E-state index contributed by atoms with van der Waals surface area (Å²) in [7, 11) is 0. The van der Waals surface area contributed by atoms with E-state index in [0.717, 1.165) is 18.4 Å². The molecule has 0 aromatic carbocycles. The summed E-state index contributed by atoms with van der Waals surface area (Å²) in [5.74, 6) is -0.0461. The number of pyridine rings is 1. The highest BCUT2D eigenvalue weighted by Gasteiger charge is 2.21. The van der Waals surface area contributed by atoms with E-state index in [1.807, 2.05) is 12.1 Å². The Bertz CT molecular complexity index is 399. The molecule has 0 atom stereocenters. The zero-order valence-corrected chi connectivity index (χ0v) is 10.8. The maximum Gasteiger partial charge on any atom is 0.270 e. The Morgan fingerprint density at radius 3 is 2.47 bits per heavy atom. The predicted molar refractivity (Wildman–Crippen MR) is 68.0 cm³/mol. The minimum Gasteiger partial charge on any atom is -0.348 e. The summed E-state index contributed by atoms with van der Waals surface area (Å²) in [6.45, 7) is 6.41. The highest BCUT2D eigenvalue weighted by atomic mass is 16.1. The van der Waals surface area contributed by atoms with Crippen LogP contribution in [0.4, 0.5) is 0 Å². The van der Waals surface area contributed by atoms with Gasteiger partial charge in [0.05, 0.1) is 0 Å². The molecule has 1 aromatic rings. The van der Waals surface area contributed by atoms with Crippen LogP contribution in [0.25, 0.3) is 0 Å². The van der Waals surface area contributed by atoms with Gasteiger partial charge in [-0.25, -0.2) is 0 Å². The van der Waals surface area contributed by atoms with Crippen LogP contribution < -0.4 is 5.32 Å². The van der Waals surface area contributed by atoms with Crippen molar-refractivity contribution in [3.63, 3.8) is 0 Å². The average Bonchev–Trinajstić information content (AvgIpc) is 2.22. The van der Waals surface area contributed by atoms with Crippen LogP contribution in [0, 0.1) is 0 Å². The number of rotatable bonds is 2. The van der Waals surface area contributed by atoms with Crippen LogP contribution in [0.2, 0.25) is 0 Å². The van der Waals surface area contributed by atoms with Gasteiger partial charge in [-0.15, -0.1) is 0 Å². The third kappa shape index (κ3) is 2.84. The van der Waals surface area contributed by atoms with Crippen LogP contribution in [-0.2, 0) is 5.41 Å². The van der Waals surface area contributed by atoms with E-state index < -0.39 is 0 Å². The van der Waals surface area contributed by atoms with Crippen LogP contribution in [0.15, 0.2) is 18.3 Å². The van der Waals surface area contributed by atoms with Crippen molar-refractivity contribution < 1.29 is 4.79 Å². The first-order chi connectivity index (χ1) is 7.97. The fourth-order valence-electron chi connectivity index (χ4n) is 1.78. The highest BCUT2D eigenvalue weighted by Crippen LogP contribution is 2.21. The highest BCUT2D eigenvalue weighted by molar-refractivity contribution is 5.92. The van der Waals surface area contributed by atoms with Gasteiger partial charge >= 0.3 is 0 Å². The van der Waals surface area contributed by atoms with Gasteiger partial charge in [-0.2, -0.15) is 0 Å². The summed E-state index contributed by atoms with van der Waals surface area (Å²) in [5.41, 5.74) is 1.75. The largest absolute Gasteiger partial charge is 0.348 e. The van der Waals surface area contributed by atoms with E-state index in [1.165, 1.54) is 6.42 Å². The van der Waals surface area contributed by atoms with Gasteiger partial charge in [0.25, 0.3) is 5.91 Å². The molecule has 0 aliphatic heterocycles. The fraction of sp³-hybridized carbons (Fsp3) is 0.571. The molecule has 1 amide bonds. The lowest BCUT2D eigenvalue weighted by molar-refractivity contribution is 0.0912. The minimum absolute atomic E-state index is 0.0461. The molecule has 3 heteroatoms. The van der Waals surface area contributed by atoms with E-state index in [4.69, 9.17) is 0 Å². The number of carbonyl (C=O) groups is 1. The Hall–Kier alpha value is -1.38. The Labute approximate surface area is 103 Å². The molecule has 1 aromatic heterocycles. The molecular weight excluding hydrogens is 212 g/mol. The van der Waals surface area contributed by atoms with Crippen LogP contribution in [0.3, 0.4) is 0 Å². The second-order valence-electron chi connectivity index (χ2n) is 5.78. The third-order valence-corrected chi connectivity index (χ3v) is 3.30. The molecular formula is C14H20N2O. The van der Waals surface area contributed by atoms with Crippen molar-refractivity contribution in [2.24, 2.45) is 0 Å². The van der Waals surface area contributed by atoms with Crippen LogP contribution in [-0.4, -0.2) is 16.9 Å². The number of nitrogens with one attached hydrogen (secondary N) is 1. The molecule has 0 radical (unpaired) electrons. The van der Waals surface area contributed by atoms with Crippen molar-refractivity contribution in [3.8, 4) is 0 Å². The Morgan fingerprint density at radius 1 is 1.35 bits per heavy atom. The molecule has 1 aliphatic carbocycles. The lowest BCUT2D eigenvalue weighted by atomic mass is 9.88. The standard InChI is InChI=1S/C14H20N2O/c1-14(2,3)10-7-8-12(15-9-10)13(17)16-11-5-4-6-11/h7-9,11H,4-6H2,1-3H3,(H,16,17). The molecule has 0 spiro atoms. The second kappa shape index (κ2) is 4.47. The van der Waals surface area contributed by atoms with E-state index in [0.29, 0.717) is 11.7 Å². The van der Waals surface area contributed by atoms with Gasteiger partial charge in [-0.3, -0.25) is 9.78 Å². The molecule has 1 N–H and O–H groups in total. The first kappa shape index (κ1) is 12.1. The molecule has 0 bridgehead atoms. The fourth-order valence-corrected chi connectivity index (χ4v) is 1.78. The normalized spacial score (nSPS) is 16.4. The molecule has 0 saturated heterocycles. The van der Waals surface area contributed by atoms with Crippen molar-refractivity contribution in [2.75, 3.05) is 0 Å². The number of hydrogen-bond acceptors (Lipinski definition) is 2. The zero-order chi connectivity index (χ0) is 12.5. The van der Waals surface area contributed by atoms with Gasteiger partial charge < -0.3 is 5.32 Å². The maximum absolute atomic E-state index is 11.8. The molecule has 0 unspecified atom stereocenters. The zero-order valence-electron chi connectivity index (χ0n) is 10.8. The molecule has 17 heavy (non-hydrogen) atoms. The van der Waals surface area contributed by atoms with Gasteiger partial charge in [0, 0.05) is 12.2 Å². The minimum atomic E-state index is -0.0461. The average molecular weight is 232 g/mol. The summed E-state index contributed by atoms with van der Waals surface area (Å²) >= 11 is 0. The van der Waals surface area contributed by atoms with Gasteiger partial charge in [0.15, 0.2) is 0 Å². The van der Waals surface area contributed by atoms with Gasteiger partial charge in [0.1, 0.15) is 5.69 Å². The van der Waals surface area contributed by atoms with Crippen molar-refractivity contribution >= 4 is 5.91 Å². The van der Waals surface area contributed by atoms with Gasteiger partial charge in [0.2, 0.25) is 0 Å². The van der Waals surface area contributed by atoms with E-state index in [2.05, 4.69) is 31.1 Å². The van der Waals surface area contributed by atoms with Crippen molar-refractivity contribution in [1.82, 2.24) is 10.3 Å². The number of hydrogen-bond donors (Lipinski definition) is 1. The summed E-state index contributed by atoms with van der Waals surface area (Å²) in [5, 5.41) is 2.99. The number of carbonyl (C=O) groups excluding carboxylic acids is 1. The Morgan fingerprint density at radius 2 is 2.06 bits per heavy atom. The molecule has 3 nitrogen and oxygen atoms in total. The second-order valence-corrected chi connectivity index (χ2v) is 5.78. The molecule has 1 saturated carbocycles. The monoisotopic (exact) mass is 232 g/mol. The van der Waals surface area contributed by atoms with Crippen molar-refractivity contribution in [2.45, 2.75) is 51.5 Å². The lowest BCUT2D eigenvalue weighted by Gasteiger charge is -2.26. The third-order valence-electron chi connectivity index (χ3n) is 3.30. The van der Waals surface area contributed by atoms with Crippen LogP contribution in [0.5, 0.6) is 0 Å². The maximum atomic E-state index is 11.8. The van der Waals surface area contributed by atoms with Crippen LogP contribution >= 0.6 is 0 Å². The molecule has 92 valence electrons. The van der Waals surface area contributed by atoms with E-state index >= 15 is 0 Å². The number of nitrogens with zero attached hydrogens (tertiary/aromatic N) is 1. The van der Waals surface area contributed by atoms with E-state index in [-0.39, 0.29) is 11.3 Å². The van der Waals surface area contributed by atoms with Gasteiger partial charge in [-0.1, -0.05) is 26.8 Å². The first-order valence-electron chi connectivity index (χ1n) is 6.24.